The fraction of sp³-hybridized carbons (Fsp3) is 0.692. The van der Waals surface area contributed by atoms with E-state index in [1.54, 1.807) is 6.33 Å². The fourth-order valence-corrected chi connectivity index (χ4v) is 2.45. The molecular formula is C13H23N3S. The van der Waals surface area contributed by atoms with Gasteiger partial charge in [0.1, 0.15) is 17.2 Å². The van der Waals surface area contributed by atoms with Crippen LogP contribution in [-0.4, -0.2) is 22.3 Å². The van der Waals surface area contributed by atoms with Crippen molar-refractivity contribution in [2.24, 2.45) is 5.92 Å². The van der Waals surface area contributed by atoms with Crippen LogP contribution in [-0.2, 0) is 0 Å². The van der Waals surface area contributed by atoms with Crippen LogP contribution in [0.4, 0.5) is 5.82 Å². The zero-order chi connectivity index (χ0) is 12.7. The van der Waals surface area contributed by atoms with Gasteiger partial charge in [-0.05, 0) is 19.3 Å². The topological polar surface area (TPSA) is 37.8 Å². The van der Waals surface area contributed by atoms with Gasteiger partial charge in [0.2, 0.25) is 0 Å². The van der Waals surface area contributed by atoms with Crippen molar-refractivity contribution in [1.82, 2.24) is 9.97 Å². The normalized spacial score (nSPS) is 12.5. The van der Waals surface area contributed by atoms with E-state index >= 15 is 0 Å². The van der Waals surface area contributed by atoms with Crippen LogP contribution >= 0.6 is 11.8 Å². The molecule has 1 atom stereocenters. The van der Waals surface area contributed by atoms with E-state index < -0.39 is 0 Å². The molecule has 0 fully saturated rings. The van der Waals surface area contributed by atoms with Gasteiger partial charge in [-0.25, -0.2) is 9.97 Å². The Morgan fingerprint density at radius 3 is 2.76 bits per heavy atom. The summed E-state index contributed by atoms with van der Waals surface area (Å²) in [7, 11) is 0. The van der Waals surface area contributed by atoms with Crippen molar-refractivity contribution in [1.29, 1.82) is 0 Å². The van der Waals surface area contributed by atoms with Crippen molar-refractivity contribution in [3.8, 4) is 0 Å². The van der Waals surface area contributed by atoms with E-state index in [2.05, 4.69) is 43.0 Å². The lowest BCUT2D eigenvalue weighted by molar-refractivity contribution is 0.636. The zero-order valence-electron chi connectivity index (χ0n) is 11.3. The standard InChI is InChI=1S/C13H23N3S/c1-5-7-14-12-11(4)13(16-9-15-12)17-8-10(3)6-2/h9-10H,5-8H2,1-4H3,(H,14,15,16). The number of nitrogens with zero attached hydrogens (tertiary/aromatic N) is 2. The second-order valence-corrected chi connectivity index (χ2v) is 5.41. The molecule has 0 saturated carbocycles. The molecule has 3 nitrogen and oxygen atoms in total. The van der Waals surface area contributed by atoms with Crippen molar-refractivity contribution < 1.29 is 0 Å². The first-order valence-corrected chi connectivity index (χ1v) is 7.35. The van der Waals surface area contributed by atoms with Gasteiger partial charge >= 0.3 is 0 Å². The number of rotatable bonds is 7. The summed E-state index contributed by atoms with van der Waals surface area (Å²) < 4.78 is 0. The lowest BCUT2D eigenvalue weighted by Crippen LogP contribution is -2.06. The number of thioether (sulfide) groups is 1. The minimum atomic E-state index is 0.737. The molecule has 0 saturated heterocycles. The molecule has 0 aliphatic heterocycles. The van der Waals surface area contributed by atoms with E-state index in [-0.39, 0.29) is 0 Å². The first kappa shape index (κ1) is 14.3. The molecule has 1 unspecified atom stereocenters. The predicted octanol–water partition coefficient (Wildman–Crippen LogP) is 3.75. The van der Waals surface area contributed by atoms with E-state index in [1.807, 2.05) is 11.8 Å². The Kier molecular flexibility index (Phi) is 6.34. The first-order chi connectivity index (χ1) is 8.19. The van der Waals surface area contributed by atoms with Gasteiger partial charge in [0.05, 0.1) is 0 Å². The van der Waals surface area contributed by atoms with Gasteiger partial charge in [0, 0.05) is 17.9 Å². The lowest BCUT2D eigenvalue weighted by atomic mass is 10.2. The Hall–Kier alpha value is -0.770. The Bertz CT molecular complexity index is 341. The number of anilines is 1. The smallest absolute Gasteiger partial charge is 0.133 e. The molecule has 17 heavy (non-hydrogen) atoms. The Labute approximate surface area is 109 Å². The molecule has 1 aromatic rings. The Morgan fingerprint density at radius 1 is 1.35 bits per heavy atom. The number of hydrogen-bond donors (Lipinski definition) is 1. The fourth-order valence-electron chi connectivity index (χ4n) is 1.34. The van der Waals surface area contributed by atoms with Crippen LogP contribution < -0.4 is 5.32 Å². The summed E-state index contributed by atoms with van der Waals surface area (Å²) in [6, 6.07) is 0. The maximum Gasteiger partial charge on any atom is 0.133 e. The van der Waals surface area contributed by atoms with E-state index in [4.69, 9.17) is 0 Å². The minimum Gasteiger partial charge on any atom is -0.370 e. The molecule has 0 spiro atoms. The highest BCUT2D eigenvalue weighted by Crippen LogP contribution is 2.26. The Balaban J connectivity index is 2.65. The second-order valence-electron chi connectivity index (χ2n) is 4.40. The highest BCUT2D eigenvalue weighted by molar-refractivity contribution is 7.99. The third-order valence-electron chi connectivity index (χ3n) is 2.78. The van der Waals surface area contributed by atoms with Crippen LogP contribution in [0.1, 0.15) is 39.2 Å². The molecule has 0 aromatic carbocycles. The van der Waals surface area contributed by atoms with Gasteiger partial charge in [0.15, 0.2) is 0 Å². The van der Waals surface area contributed by atoms with Crippen LogP contribution in [0.25, 0.3) is 0 Å². The van der Waals surface area contributed by atoms with Crippen molar-refractivity contribution >= 4 is 17.6 Å². The quantitative estimate of drug-likeness (QED) is 0.593. The number of aromatic nitrogens is 2. The highest BCUT2D eigenvalue weighted by atomic mass is 32.2. The van der Waals surface area contributed by atoms with Crippen molar-refractivity contribution in [3.63, 3.8) is 0 Å². The maximum absolute atomic E-state index is 4.37. The van der Waals surface area contributed by atoms with Crippen LogP contribution in [0, 0.1) is 12.8 Å². The summed E-state index contributed by atoms with van der Waals surface area (Å²) in [6.45, 7) is 9.72. The zero-order valence-corrected chi connectivity index (χ0v) is 12.1. The van der Waals surface area contributed by atoms with Gasteiger partial charge in [-0.2, -0.15) is 0 Å². The highest BCUT2D eigenvalue weighted by Gasteiger charge is 2.08. The third kappa shape index (κ3) is 4.54. The van der Waals surface area contributed by atoms with Crippen LogP contribution in [0.15, 0.2) is 11.4 Å². The van der Waals surface area contributed by atoms with Crippen molar-refractivity contribution in [2.45, 2.75) is 45.6 Å². The summed E-state index contributed by atoms with van der Waals surface area (Å²) >= 11 is 1.84. The van der Waals surface area contributed by atoms with Crippen LogP contribution in [0.5, 0.6) is 0 Å². The number of hydrogen-bond acceptors (Lipinski definition) is 4. The summed E-state index contributed by atoms with van der Waals surface area (Å²) in [6.07, 6.45) is 3.99. The summed E-state index contributed by atoms with van der Waals surface area (Å²) in [5.74, 6) is 2.84. The van der Waals surface area contributed by atoms with Gasteiger partial charge in [0.25, 0.3) is 0 Å². The molecule has 1 aromatic heterocycles. The van der Waals surface area contributed by atoms with Crippen LogP contribution in [0.2, 0.25) is 0 Å². The molecule has 1 rings (SSSR count). The largest absolute Gasteiger partial charge is 0.370 e. The average molecular weight is 253 g/mol. The molecule has 0 aliphatic rings. The predicted molar refractivity (Wildman–Crippen MR) is 75.7 cm³/mol. The molecular weight excluding hydrogens is 230 g/mol. The minimum absolute atomic E-state index is 0.737. The van der Waals surface area contributed by atoms with E-state index in [0.717, 1.165) is 35.5 Å². The average Bonchev–Trinajstić information content (AvgIpc) is 2.35. The molecule has 0 radical (unpaired) electrons. The lowest BCUT2D eigenvalue weighted by Gasteiger charge is -2.12. The van der Waals surface area contributed by atoms with Crippen molar-refractivity contribution in [3.05, 3.63) is 11.9 Å². The molecule has 0 bridgehead atoms. The second kappa shape index (κ2) is 7.54. The van der Waals surface area contributed by atoms with E-state index in [9.17, 15) is 0 Å². The molecule has 0 aliphatic carbocycles. The molecule has 0 amide bonds. The molecule has 4 heteroatoms. The molecule has 1 heterocycles. The summed E-state index contributed by atoms with van der Waals surface area (Å²) in [4.78, 5) is 8.65. The van der Waals surface area contributed by atoms with E-state index in [0.29, 0.717) is 0 Å². The first-order valence-electron chi connectivity index (χ1n) is 6.37. The molecule has 96 valence electrons. The van der Waals surface area contributed by atoms with Gasteiger partial charge in [-0.3, -0.25) is 0 Å². The SMILES string of the molecule is CCCNc1ncnc(SCC(C)CC)c1C. The third-order valence-corrected chi connectivity index (χ3v) is 4.20. The van der Waals surface area contributed by atoms with Gasteiger partial charge < -0.3 is 5.32 Å². The maximum atomic E-state index is 4.37. The monoisotopic (exact) mass is 253 g/mol. The van der Waals surface area contributed by atoms with Crippen LogP contribution in [0.3, 0.4) is 0 Å². The van der Waals surface area contributed by atoms with Gasteiger partial charge in [-0.1, -0.05) is 27.2 Å². The van der Waals surface area contributed by atoms with Gasteiger partial charge in [-0.15, -0.1) is 11.8 Å². The van der Waals surface area contributed by atoms with E-state index in [1.165, 1.54) is 12.0 Å². The van der Waals surface area contributed by atoms with Crippen molar-refractivity contribution in [2.75, 3.05) is 17.6 Å². The molecule has 1 N–H and O–H groups in total. The number of nitrogens with one attached hydrogen (secondary N) is 1. The summed E-state index contributed by atoms with van der Waals surface area (Å²) in [5.41, 5.74) is 1.18. The summed E-state index contributed by atoms with van der Waals surface area (Å²) in [5, 5.41) is 4.45. The Morgan fingerprint density at radius 2 is 2.12 bits per heavy atom.